The fourth-order valence-electron chi connectivity index (χ4n) is 2.75. The van der Waals surface area contributed by atoms with Crippen LogP contribution in [-0.4, -0.2) is 17.9 Å². The molecule has 0 fully saturated rings. The van der Waals surface area contributed by atoms with Gasteiger partial charge in [-0.3, -0.25) is 9.59 Å². The Morgan fingerprint density at radius 1 is 0.769 bits per heavy atom. The highest BCUT2D eigenvalue weighted by Gasteiger charge is 2.19. The van der Waals surface area contributed by atoms with Gasteiger partial charge in [-0.15, -0.1) is 0 Å². The molecule has 0 saturated carbocycles. The van der Waals surface area contributed by atoms with Crippen molar-refractivity contribution in [3.8, 4) is 11.1 Å². The van der Waals surface area contributed by atoms with Gasteiger partial charge < -0.3 is 11.1 Å². The van der Waals surface area contributed by atoms with Gasteiger partial charge in [-0.2, -0.15) is 0 Å². The van der Waals surface area contributed by atoms with Crippen molar-refractivity contribution < 1.29 is 9.59 Å². The van der Waals surface area contributed by atoms with Crippen LogP contribution in [0.25, 0.3) is 11.1 Å². The van der Waals surface area contributed by atoms with Crippen LogP contribution in [0, 0.1) is 0 Å². The van der Waals surface area contributed by atoms with E-state index in [2.05, 4.69) is 5.32 Å². The molecule has 0 spiro atoms. The lowest BCUT2D eigenvalue weighted by molar-refractivity contribution is -0.119. The summed E-state index contributed by atoms with van der Waals surface area (Å²) in [6, 6.07) is 26.0. The molecule has 2 amide bonds. The molecule has 1 atom stereocenters. The van der Waals surface area contributed by atoms with E-state index < -0.39 is 11.9 Å². The van der Waals surface area contributed by atoms with E-state index in [0.29, 0.717) is 12.0 Å². The Morgan fingerprint density at radius 2 is 1.31 bits per heavy atom. The van der Waals surface area contributed by atoms with Crippen molar-refractivity contribution in [2.45, 2.75) is 12.5 Å². The number of amides is 2. The average Bonchev–Trinajstić information content (AvgIpc) is 2.69. The molecule has 0 heterocycles. The summed E-state index contributed by atoms with van der Waals surface area (Å²) in [4.78, 5) is 24.0. The third-order valence-corrected chi connectivity index (χ3v) is 4.19. The Bertz CT molecular complexity index is 875. The standard InChI is InChI=1S/C22H20N2O2/c23-21(25)20(24-22(26)19-9-5-2-6-10-19)15-16-11-13-18(14-12-16)17-7-3-1-4-8-17/h1-14,20H,15H2,(H2,23,25)(H,24,26)/t20-/m1/s1. The molecule has 4 nitrogen and oxygen atoms in total. The van der Waals surface area contributed by atoms with Crippen LogP contribution in [0.15, 0.2) is 84.9 Å². The maximum atomic E-state index is 12.3. The molecular formula is C22H20N2O2. The monoisotopic (exact) mass is 344 g/mol. The number of primary amides is 1. The lowest BCUT2D eigenvalue weighted by Crippen LogP contribution is -2.45. The van der Waals surface area contributed by atoms with Gasteiger partial charge in [0.1, 0.15) is 6.04 Å². The number of nitrogens with one attached hydrogen (secondary N) is 1. The fraction of sp³-hybridized carbons (Fsp3) is 0.0909. The van der Waals surface area contributed by atoms with E-state index in [1.807, 2.05) is 60.7 Å². The van der Waals surface area contributed by atoms with Crippen LogP contribution in [0.5, 0.6) is 0 Å². The molecule has 0 aromatic heterocycles. The van der Waals surface area contributed by atoms with Gasteiger partial charge in [0.25, 0.3) is 5.91 Å². The summed E-state index contributed by atoms with van der Waals surface area (Å²) in [7, 11) is 0. The van der Waals surface area contributed by atoms with Gasteiger partial charge in [0, 0.05) is 12.0 Å². The average molecular weight is 344 g/mol. The first-order valence-electron chi connectivity index (χ1n) is 8.43. The molecule has 0 saturated heterocycles. The Morgan fingerprint density at radius 3 is 1.88 bits per heavy atom. The van der Waals surface area contributed by atoms with Gasteiger partial charge in [0.2, 0.25) is 5.91 Å². The van der Waals surface area contributed by atoms with Gasteiger partial charge in [0.05, 0.1) is 0 Å². The highest BCUT2D eigenvalue weighted by atomic mass is 16.2. The van der Waals surface area contributed by atoms with Gasteiger partial charge in [-0.05, 0) is 28.8 Å². The maximum absolute atomic E-state index is 12.3. The van der Waals surface area contributed by atoms with E-state index in [1.54, 1.807) is 24.3 Å². The van der Waals surface area contributed by atoms with Crippen LogP contribution in [0.2, 0.25) is 0 Å². The SMILES string of the molecule is NC(=O)[C@@H](Cc1ccc(-c2ccccc2)cc1)NC(=O)c1ccccc1. The number of carbonyl (C=O) groups excluding carboxylic acids is 2. The zero-order valence-electron chi connectivity index (χ0n) is 14.3. The molecule has 130 valence electrons. The van der Waals surface area contributed by atoms with Crippen LogP contribution >= 0.6 is 0 Å². The molecule has 3 N–H and O–H groups in total. The predicted octanol–water partition coefficient (Wildman–Crippen LogP) is 3.18. The molecule has 0 radical (unpaired) electrons. The zero-order valence-corrected chi connectivity index (χ0v) is 14.3. The summed E-state index contributed by atoms with van der Waals surface area (Å²) in [6.07, 6.45) is 0.350. The first-order chi connectivity index (χ1) is 12.6. The highest BCUT2D eigenvalue weighted by molar-refractivity contribution is 5.97. The summed E-state index contributed by atoms with van der Waals surface area (Å²) in [5, 5.41) is 2.71. The van der Waals surface area contributed by atoms with Crippen LogP contribution < -0.4 is 11.1 Å². The van der Waals surface area contributed by atoms with Gasteiger partial charge in [0.15, 0.2) is 0 Å². The summed E-state index contributed by atoms with van der Waals surface area (Å²) in [5.41, 5.74) is 9.13. The number of benzene rings is 3. The largest absolute Gasteiger partial charge is 0.368 e. The molecule has 3 aromatic carbocycles. The second kappa shape index (κ2) is 8.12. The number of hydrogen-bond acceptors (Lipinski definition) is 2. The van der Waals surface area contributed by atoms with E-state index in [0.717, 1.165) is 16.7 Å². The molecule has 0 aliphatic rings. The van der Waals surface area contributed by atoms with E-state index in [9.17, 15) is 9.59 Å². The number of hydrogen-bond donors (Lipinski definition) is 2. The van der Waals surface area contributed by atoms with Crippen molar-refractivity contribution in [1.82, 2.24) is 5.32 Å². The first kappa shape index (κ1) is 17.4. The molecule has 3 rings (SSSR count). The third-order valence-electron chi connectivity index (χ3n) is 4.19. The van der Waals surface area contributed by atoms with E-state index in [-0.39, 0.29) is 5.91 Å². The Hall–Kier alpha value is -3.40. The van der Waals surface area contributed by atoms with Crippen molar-refractivity contribution in [2.24, 2.45) is 5.73 Å². The van der Waals surface area contributed by atoms with Crippen molar-refractivity contribution in [3.05, 3.63) is 96.1 Å². The molecule has 0 unspecified atom stereocenters. The second-order valence-corrected chi connectivity index (χ2v) is 6.06. The Balaban J connectivity index is 1.70. The topological polar surface area (TPSA) is 72.2 Å². The molecular weight excluding hydrogens is 324 g/mol. The lowest BCUT2D eigenvalue weighted by Gasteiger charge is -2.16. The van der Waals surface area contributed by atoms with Crippen LogP contribution in [0.4, 0.5) is 0 Å². The van der Waals surface area contributed by atoms with E-state index in [4.69, 9.17) is 5.73 Å². The summed E-state index contributed by atoms with van der Waals surface area (Å²) >= 11 is 0. The number of rotatable bonds is 6. The minimum absolute atomic E-state index is 0.310. The van der Waals surface area contributed by atoms with Crippen LogP contribution in [0.1, 0.15) is 15.9 Å². The summed E-state index contributed by atoms with van der Waals surface area (Å²) < 4.78 is 0. The predicted molar refractivity (Wildman–Crippen MR) is 102 cm³/mol. The highest BCUT2D eigenvalue weighted by Crippen LogP contribution is 2.19. The molecule has 0 aliphatic heterocycles. The van der Waals surface area contributed by atoms with Gasteiger partial charge in [-0.1, -0.05) is 72.8 Å². The Kier molecular flexibility index (Phi) is 5.44. The number of carbonyl (C=O) groups is 2. The van der Waals surface area contributed by atoms with Gasteiger partial charge >= 0.3 is 0 Å². The maximum Gasteiger partial charge on any atom is 0.251 e. The van der Waals surface area contributed by atoms with Crippen LogP contribution in [-0.2, 0) is 11.2 Å². The molecule has 0 aliphatic carbocycles. The minimum Gasteiger partial charge on any atom is -0.368 e. The molecule has 3 aromatic rings. The van der Waals surface area contributed by atoms with E-state index >= 15 is 0 Å². The smallest absolute Gasteiger partial charge is 0.251 e. The van der Waals surface area contributed by atoms with Crippen molar-refractivity contribution in [1.29, 1.82) is 0 Å². The lowest BCUT2D eigenvalue weighted by atomic mass is 10.00. The fourth-order valence-corrected chi connectivity index (χ4v) is 2.75. The third kappa shape index (κ3) is 4.36. The summed E-state index contributed by atoms with van der Waals surface area (Å²) in [6.45, 7) is 0. The molecule has 4 heteroatoms. The molecule has 26 heavy (non-hydrogen) atoms. The quantitative estimate of drug-likeness (QED) is 0.721. The van der Waals surface area contributed by atoms with Crippen molar-refractivity contribution in [2.75, 3.05) is 0 Å². The van der Waals surface area contributed by atoms with Crippen LogP contribution in [0.3, 0.4) is 0 Å². The van der Waals surface area contributed by atoms with Crippen molar-refractivity contribution in [3.63, 3.8) is 0 Å². The molecule has 0 bridgehead atoms. The van der Waals surface area contributed by atoms with Gasteiger partial charge in [-0.25, -0.2) is 0 Å². The zero-order chi connectivity index (χ0) is 18.4. The second-order valence-electron chi connectivity index (χ2n) is 6.06. The minimum atomic E-state index is -0.759. The normalized spacial score (nSPS) is 11.5. The first-order valence-corrected chi connectivity index (χ1v) is 8.43. The Labute approximate surface area is 152 Å². The van der Waals surface area contributed by atoms with E-state index in [1.165, 1.54) is 0 Å². The summed E-state index contributed by atoms with van der Waals surface area (Å²) in [5.74, 6) is -0.864. The van der Waals surface area contributed by atoms with Crippen molar-refractivity contribution >= 4 is 11.8 Å². The number of nitrogens with two attached hydrogens (primary N) is 1.